The second-order valence-corrected chi connectivity index (χ2v) is 7.12. The number of hydrogen-bond acceptors (Lipinski definition) is 7. The predicted octanol–water partition coefficient (Wildman–Crippen LogP) is 5.68. The zero-order valence-electron chi connectivity index (χ0n) is 17.7. The number of amides is 1. The van der Waals surface area contributed by atoms with Crippen LogP contribution in [-0.4, -0.2) is 24.1 Å². The van der Waals surface area contributed by atoms with Crippen molar-refractivity contribution in [2.45, 2.75) is 6.61 Å². The molecule has 1 N–H and O–H groups in total. The fraction of sp³-hybridized carbons (Fsp3) is 0.0833. The third-order valence-electron chi connectivity index (χ3n) is 4.96. The summed E-state index contributed by atoms with van der Waals surface area (Å²) in [5.41, 5.74) is 1.22. The number of nitrogens with zero attached hydrogens (tertiary/aromatic N) is 1. The van der Waals surface area contributed by atoms with Crippen molar-refractivity contribution in [3.8, 4) is 11.1 Å². The number of nitro groups is 1. The van der Waals surface area contributed by atoms with Gasteiger partial charge in [0.1, 0.15) is 17.2 Å². The Bertz CT molecular complexity index is 1400. The van der Waals surface area contributed by atoms with Crippen molar-refractivity contribution in [3.05, 3.63) is 94.0 Å². The minimum atomic E-state index is -0.975. The van der Waals surface area contributed by atoms with Gasteiger partial charge in [-0.05, 0) is 47.5 Å². The van der Waals surface area contributed by atoms with Gasteiger partial charge in [0.25, 0.3) is 5.69 Å². The van der Waals surface area contributed by atoms with Gasteiger partial charge in [0, 0.05) is 11.5 Å². The van der Waals surface area contributed by atoms with E-state index in [0.717, 1.165) is 29.7 Å². The van der Waals surface area contributed by atoms with Gasteiger partial charge in [-0.1, -0.05) is 24.3 Å². The van der Waals surface area contributed by atoms with Crippen LogP contribution in [0.15, 0.2) is 71.1 Å². The minimum absolute atomic E-state index is 0.125. The zero-order chi connectivity index (χ0) is 24.2. The lowest BCUT2D eigenvalue weighted by atomic mass is 10.0. The van der Waals surface area contributed by atoms with E-state index in [1.807, 2.05) is 12.1 Å². The number of methoxy groups -OCH3 is 1. The van der Waals surface area contributed by atoms with E-state index >= 15 is 0 Å². The number of nitro benzene ring substituents is 1. The molecule has 1 heterocycles. The standard InChI is InChI=1S/C24H17FN2O7/c1-32-23(28)22-19(3-2-4-20(22)27(30)31)26-24(29)33-13-18-12-16-11-15(7-10-21(16)34-18)14-5-8-17(25)9-6-14/h2-12H,13H2,1H3,(H,26,29). The average molecular weight is 464 g/mol. The number of furan rings is 1. The lowest BCUT2D eigenvalue weighted by Gasteiger charge is -2.10. The molecule has 0 aliphatic rings. The van der Waals surface area contributed by atoms with Gasteiger partial charge in [-0.2, -0.15) is 0 Å². The molecule has 3 aromatic carbocycles. The number of carbonyl (C=O) groups is 2. The molecule has 0 saturated heterocycles. The maximum absolute atomic E-state index is 13.2. The molecule has 4 rings (SSSR count). The predicted molar refractivity (Wildman–Crippen MR) is 120 cm³/mol. The van der Waals surface area contributed by atoms with Crippen LogP contribution in [0.5, 0.6) is 0 Å². The van der Waals surface area contributed by atoms with Gasteiger partial charge < -0.3 is 13.9 Å². The van der Waals surface area contributed by atoms with Gasteiger partial charge in [0.05, 0.1) is 17.7 Å². The van der Waals surface area contributed by atoms with E-state index in [0.29, 0.717) is 11.3 Å². The summed E-state index contributed by atoms with van der Waals surface area (Å²) in [7, 11) is 1.07. The molecule has 1 amide bonds. The van der Waals surface area contributed by atoms with Gasteiger partial charge in [-0.15, -0.1) is 0 Å². The molecular weight excluding hydrogens is 447 g/mol. The molecule has 0 aliphatic carbocycles. The second kappa shape index (κ2) is 9.41. The summed E-state index contributed by atoms with van der Waals surface area (Å²) >= 11 is 0. The molecule has 9 nitrogen and oxygen atoms in total. The van der Waals surface area contributed by atoms with Crippen molar-refractivity contribution >= 4 is 34.4 Å². The maximum Gasteiger partial charge on any atom is 0.412 e. The number of benzene rings is 3. The number of anilines is 1. The van der Waals surface area contributed by atoms with E-state index in [4.69, 9.17) is 9.15 Å². The summed E-state index contributed by atoms with van der Waals surface area (Å²) < 4.78 is 28.6. The zero-order valence-corrected chi connectivity index (χ0v) is 17.7. The average Bonchev–Trinajstić information content (AvgIpc) is 3.25. The van der Waals surface area contributed by atoms with E-state index in [1.165, 1.54) is 24.3 Å². The lowest BCUT2D eigenvalue weighted by molar-refractivity contribution is -0.385. The van der Waals surface area contributed by atoms with Crippen molar-refractivity contribution in [2.75, 3.05) is 12.4 Å². The largest absolute Gasteiger partial charge is 0.465 e. The van der Waals surface area contributed by atoms with E-state index in [-0.39, 0.29) is 18.1 Å². The van der Waals surface area contributed by atoms with Crippen LogP contribution in [0, 0.1) is 15.9 Å². The van der Waals surface area contributed by atoms with Crippen LogP contribution in [0.4, 0.5) is 20.6 Å². The first-order valence-electron chi connectivity index (χ1n) is 9.93. The first-order valence-corrected chi connectivity index (χ1v) is 9.93. The van der Waals surface area contributed by atoms with Crippen LogP contribution in [0.2, 0.25) is 0 Å². The minimum Gasteiger partial charge on any atom is -0.465 e. The molecule has 34 heavy (non-hydrogen) atoms. The van der Waals surface area contributed by atoms with Gasteiger partial charge in [0.15, 0.2) is 12.2 Å². The number of rotatable bonds is 6. The van der Waals surface area contributed by atoms with Gasteiger partial charge in [-0.3, -0.25) is 15.4 Å². The van der Waals surface area contributed by atoms with Crippen LogP contribution >= 0.6 is 0 Å². The Kier molecular flexibility index (Phi) is 6.22. The van der Waals surface area contributed by atoms with Crippen molar-refractivity contribution in [3.63, 3.8) is 0 Å². The Morgan fingerprint density at radius 3 is 2.50 bits per heavy atom. The van der Waals surface area contributed by atoms with E-state index in [1.54, 1.807) is 24.3 Å². The number of ether oxygens (including phenoxy) is 2. The summed E-state index contributed by atoms with van der Waals surface area (Å²) in [5, 5.41) is 14.3. The SMILES string of the molecule is COC(=O)c1c(NC(=O)OCc2cc3cc(-c4ccc(F)cc4)ccc3o2)cccc1[N+](=O)[O-]. The summed E-state index contributed by atoms with van der Waals surface area (Å²) in [6, 6.07) is 17.0. The van der Waals surface area contributed by atoms with Crippen molar-refractivity contribution < 1.29 is 32.8 Å². The number of carbonyl (C=O) groups excluding carboxylic acids is 2. The van der Waals surface area contributed by atoms with E-state index in [2.05, 4.69) is 10.1 Å². The topological polar surface area (TPSA) is 121 Å². The van der Waals surface area contributed by atoms with Gasteiger partial charge in [0.2, 0.25) is 0 Å². The van der Waals surface area contributed by atoms with Crippen molar-refractivity contribution in [2.24, 2.45) is 0 Å². The normalized spacial score (nSPS) is 10.6. The third kappa shape index (κ3) is 4.70. The Balaban J connectivity index is 1.48. The molecule has 0 fully saturated rings. The molecule has 0 bridgehead atoms. The summed E-state index contributed by atoms with van der Waals surface area (Å²) in [4.78, 5) is 34.8. The van der Waals surface area contributed by atoms with Crippen molar-refractivity contribution in [1.82, 2.24) is 0 Å². The maximum atomic E-state index is 13.2. The van der Waals surface area contributed by atoms with Crippen LogP contribution < -0.4 is 5.32 Å². The van der Waals surface area contributed by atoms with Gasteiger partial charge >= 0.3 is 12.1 Å². The number of fused-ring (bicyclic) bond motifs is 1. The molecular formula is C24H17FN2O7. The third-order valence-corrected chi connectivity index (χ3v) is 4.96. The molecule has 1 aromatic heterocycles. The Morgan fingerprint density at radius 1 is 1.06 bits per heavy atom. The molecule has 0 unspecified atom stereocenters. The number of halogens is 1. The summed E-state index contributed by atoms with van der Waals surface area (Å²) in [6.45, 7) is -0.227. The highest BCUT2D eigenvalue weighted by Gasteiger charge is 2.26. The Morgan fingerprint density at radius 2 is 1.79 bits per heavy atom. The quantitative estimate of drug-likeness (QED) is 0.221. The Labute approximate surface area is 191 Å². The van der Waals surface area contributed by atoms with Crippen molar-refractivity contribution in [1.29, 1.82) is 0 Å². The number of esters is 1. The molecule has 4 aromatic rings. The number of hydrogen-bond donors (Lipinski definition) is 1. The highest BCUT2D eigenvalue weighted by atomic mass is 19.1. The highest BCUT2D eigenvalue weighted by molar-refractivity contribution is 6.03. The molecule has 0 radical (unpaired) electrons. The van der Waals surface area contributed by atoms with Crippen LogP contribution in [-0.2, 0) is 16.1 Å². The Hall–Kier alpha value is -4.73. The van der Waals surface area contributed by atoms with Crippen LogP contribution in [0.25, 0.3) is 22.1 Å². The molecule has 10 heteroatoms. The molecule has 0 saturated carbocycles. The van der Waals surface area contributed by atoms with Crippen LogP contribution in [0.3, 0.4) is 0 Å². The van der Waals surface area contributed by atoms with Gasteiger partial charge in [-0.25, -0.2) is 14.0 Å². The summed E-state index contributed by atoms with van der Waals surface area (Å²) in [6.07, 6.45) is -0.946. The first-order chi connectivity index (χ1) is 16.4. The smallest absolute Gasteiger partial charge is 0.412 e. The second-order valence-electron chi connectivity index (χ2n) is 7.12. The number of nitrogens with one attached hydrogen (secondary N) is 1. The molecule has 172 valence electrons. The fourth-order valence-electron chi connectivity index (χ4n) is 3.39. The fourth-order valence-corrected chi connectivity index (χ4v) is 3.39. The first kappa shape index (κ1) is 22.5. The van der Waals surface area contributed by atoms with Crippen LogP contribution in [0.1, 0.15) is 16.1 Å². The molecule has 0 atom stereocenters. The van der Waals surface area contributed by atoms with E-state index < -0.39 is 28.2 Å². The molecule has 0 spiro atoms. The lowest BCUT2D eigenvalue weighted by Crippen LogP contribution is -2.17. The summed E-state index contributed by atoms with van der Waals surface area (Å²) in [5.74, 6) is -0.944. The van der Waals surface area contributed by atoms with E-state index in [9.17, 15) is 24.1 Å². The monoisotopic (exact) mass is 464 g/mol. The highest BCUT2D eigenvalue weighted by Crippen LogP contribution is 2.29. The molecule has 0 aliphatic heterocycles.